The molecule has 1 rings (SSSR count). The van der Waals surface area contributed by atoms with Gasteiger partial charge in [-0.25, -0.2) is 0 Å². The first-order chi connectivity index (χ1) is 7.22. The fourth-order valence-electron chi connectivity index (χ4n) is 1.46. The molecule has 0 radical (unpaired) electrons. The quantitative estimate of drug-likeness (QED) is 0.844. The Morgan fingerprint density at radius 1 is 1.27 bits per heavy atom. The highest BCUT2D eigenvalue weighted by atomic mass is 35.5. The highest BCUT2D eigenvalue weighted by Crippen LogP contribution is 2.34. The Balaban J connectivity index is 3.05. The van der Waals surface area contributed by atoms with Crippen molar-refractivity contribution in [2.24, 2.45) is 0 Å². The summed E-state index contributed by atoms with van der Waals surface area (Å²) in [6.07, 6.45) is 1.40. The zero-order valence-electron chi connectivity index (χ0n) is 8.92. The first-order valence-electron chi connectivity index (χ1n) is 4.74. The molecule has 0 heterocycles. The Bertz CT molecular complexity index is 326. The number of aliphatic hydroxyl groups is 1. The van der Waals surface area contributed by atoms with E-state index in [4.69, 9.17) is 26.2 Å². The Hall–Kier alpha value is -0.930. The van der Waals surface area contributed by atoms with Crippen LogP contribution in [0.5, 0.6) is 11.5 Å². The number of rotatable bonds is 5. The van der Waals surface area contributed by atoms with Crippen LogP contribution in [0.3, 0.4) is 0 Å². The van der Waals surface area contributed by atoms with Gasteiger partial charge in [0.15, 0.2) is 11.5 Å². The Labute approximate surface area is 94.6 Å². The summed E-state index contributed by atoms with van der Waals surface area (Å²) < 4.78 is 10.4. The maximum absolute atomic E-state index is 8.78. The van der Waals surface area contributed by atoms with E-state index in [0.29, 0.717) is 22.9 Å². The van der Waals surface area contributed by atoms with Gasteiger partial charge in [0, 0.05) is 17.7 Å². The van der Waals surface area contributed by atoms with E-state index in [1.807, 2.05) is 6.07 Å². The van der Waals surface area contributed by atoms with Crippen LogP contribution in [-0.2, 0) is 6.42 Å². The molecule has 1 N–H and O–H groups in total. The van der Waals surface area contributed by atoms with Gasteiger partial charge in [-0.15, -0.1) is 0 Å². The number of ether oxygens (including phenoxy) is 2. The minimum atomic E-state index is 0.151. The number of hydrogen-bond acceptors (Lipinski definition) is 3. The normalized spacial score (nSPS) is 10.1. The minimum absolute atomic E-state index is 0.151. The van der Waals surface area contributed by atoms with E-state index in [9.17, 15) is 0 Å². The van der Waals surface area contributed by atoms with Gasteiger partial charge in [0.25, 0.3) is 0 Å². The van der Waals surface area contributed by atoms with Crippen LogP contribution in [0.25, 0.3) is 0 Å². The van der Waals surface area contributed by atoms with E-state index >= 15 is 0 Å². The van der Waals surface area contributed by atoms with E-state index in [2.05, 4.69) is 0 Å². The van der Waals surface area contributed by atoms with Crippen LogP contribution in [0.4, 0.5) is 0 Å². The summed E-state index contributed by atoms with van der Waals surface area (Å²) in [4.78, 5) is 0. The zero-order valence-corrected chi connectivity index (χ0v) is 9.67. The Morgan fingerprint density at radius 2 is 2.00 bits per heavy atom. The summed E-state index contributed by atoms with van der Waals surface area (Å²) in [7, 11) is 3.16. The van der Waals surface area contributed by atoms with Crippen LogP contribution in [0.2, 0.25) is 5.02 Å². The van der Waals surface area contributed by atoms with Crippen LogP contribution in [0, 0.1) is 0 Å². The predicted molar refractivity (Wildman–Crippen MR) is 60.0 cm³/mol. The van der Waals surface area contributed by atoms with Crippen molar-refractivity contribution in [2.75, 3.05) is 20.8 Å². The molecule has 1 aromatic carbocycles. The van der Waals surface area contributed by atoms with Crippen molar-refractivity contribution < 1.29 is 14.6 Å². The van der Waals surface area contributed by atoms with Gasteiger partial charge in [0.2, 0.25) is 0 Å². The van der Waals surface area contributed by atoms with Gasteiger partial charge >= 0.3 is 0 Å². The summed E-state index contributed by atoms with van der Waals surface area (Å²) >= 11 is 5.94. The average molecular weight is 231 g/mol. The van der Waals surface area contributed by atoms with E-state index < -0.39 is 0 Å². The highest BCUT2D eigenvalue weighted by molar-refractivity contribution is 6.30. The van der Waals surface area contributed by atoms with Crippen LogP contribution in [0.1, 0.15) is 12.0 Å². The van der Waals surface area contributed by atoms with Gasteiger partial charge < -0.3 is 14.6 Å². The second kappa shape index (κ2) is 5.83. The smallest absolute Gasteiger partial charge is 0.164 e. The standard InChI is InChI=1S/C11H15ClO3/c1-14-10-7-9(12)6-8(4-3-5-13)11(10)15-2/h6-7,13H,3-5H2,1-2H3. The summed E-state index contributed by atoms with van der Waals surface area (Å²) in [6.45, 7) is 0.151. The van der Waals surface area contributed by atoms with Crippen molar-refractivity contribution in [2.45, 2.75) is 12.8 Å². The number of hydrogen-bond donors (Lipinski definition) is 1. The minimum Gasteiger partial charge on any atom is -0.493 e. The largest absolute Gasteiger partial charge is 0.493 e. The first kappa shape index (κ1) is 12.1. The van der Waals surface area contributed by atoms with Gasteiger partial charge in [-0.05, 0) is 24.5 Å². The number of benzene rings is 1. The highest BCUT2D eigenvalue weighted by Gasteiger charge is 2.11. The summed E-state index contributed by atoms with van der Waals surface area (Å²) in [5.74, 6) is 1.31. The molecule has 0 bridgehead atoms. The fraction of sp³-hybridized carbons (Fsp3) is 0.455. The molecule has 0 aliphatic rings. The van der Waals surface area contributed by atoms with Crippen molar-refractivity contribution in [3.63, 3.8) is 0 Å². The molecular weight excluding hydrogens is 216 g/mol. The molecule has 15 heavy (non-hydrogen) atoms. The van der Waals surface area contributed by atoms with E-state index in [0.717, 1.165) is 12.0 Å². The van der Waals surface area contributed by atoms with Crippen LogP contribution in [-0.4, -0.2) is 25.9 Å². The molecule has 0 atom stereocenters. The topological polar surface area (TPSA) is 38.7 Å². The Morgan fingerprint density at radius 3 is 2.53 bits per heavy atom. The lowest BCUT2D eigenvalue weighted by Crippen LogP contribution is -1.97. The van der Waals surface area contributed by atoms with Gasteiger partial charge in [0.1, 0.15) is 0 Å². The molecule has 84 valence electrons. The Kier molecular flexibility index (Phi) is 4.72. The molecule has 0 saturated carbocycles. The molecule has 0 unspecified atom stereocenters. The van der Waals surface area contributed by atoms with Gasteiger partial charge in [0.05, 0.1) is 14.2 Å². The summed E-state index contributed by atoms with van der Waals surface area (Å²) in [5, 5.41) is 9.39. The summed E-state index contributed by atoms with van der Waals surface area (Å²) in [5.41, 5.74) is 0.955. The van der Waals surface area contributed by atoms with Crippen LogP contribution < -0.4 is 9.47 Å². The van der Waals surface area contributed by atoms with Crippen molar-refractivity contribution >= 4 is 11.6 Å². The second-order valence-corrected chi connectivity index (χ2v) is 3.56. The molecule has 0 spiro atoms. The maximum atomic E-state index is 8.78. The third-order valence-electron chi connectivity index (χ3n) is 2.12. The maximum Gasteiger partial charge on any atom is 0.164 e. The van der Waals surface area contributed by atoms with E-state index in [-0.39, 0.29) is 6.61 Å². The SMILES string of the molecule is COc1cc(Cl)cc(CCCO)c1OC. The molecular formula is C11H15ClO3. The van der Waals surface area contributed by atoms with Crippen LogP contribution >= 0.6 is 11.6 Å². The van der Waals surface area contributed by atoms with Gasteiger partial charge in [-0.1, -0.05) is 11.6 Å². The first-order valence-corrected chi connectivity index (χ1v) is 5.12. The molecule has 0 saturated heterocycles. The van der Waals surface area contributed by atoms with Crippen molar-refractivity contribution in [3.8, 4) is 11.5 Å². The summed E-state index contributed by atoms with van der Waals surface area (Å²) in [6, 6.07) is 3.54. The molecule has 4 heteroatoms. The molecule has 1 aromatic rings. The predicted octanol–water partition coefficient (Wildman–Crippen LogP) is 2.28. The van der Waals surface area contributed by atoms with Crippen molar-refractivity contribution in [1.29, 1.82) is 0 Å². The van der Waals surface area contributed by atoms with Gasteiger partial charge in [-0.2, -0.15) is 0 Å². The van der Waals surface area contributed by atoms with Crippen molar-refractivity contribution in [3.05, 3.63) is 22.7 Å². The molecule has 0 aliphatic heterocycles. The molecule has 0 aromatic heterocycles. The lowest BCUT2D eigenvalue weighted by atomic mass is 10.1. The third-order valence-corrected chi connectivity index (χ3v) is 2.34. The molecule has 3 nitrogen and oxygen atoms in total. The fourth-order valence-corrected chi connectivity index (χ4v) is 1.69. The number of aliphatic hydroxyl groups excluding tert-OH is 1. The molecule has 0 amide bonds. The zero-order chi connectivity index (χ0) is 11.3. The van der Waals surface area contributed by atoms with E-state index in [1.165, 1.54) is 0 Å². The van der Waals surface area contributed by atoms with Crippen LogP contribution in [0.15, 0.2) is 12.1 Å². The van der Waals surface area contributed by atoms with E-state index in [1.54, 1.807) is 20.3 Å². The van der Waals surface area contributed by atoms with Crippen molar-refractivity contribution in [1.82, 2.24) is 0 Å². The number of aryl methyl sites for hydroxylation is 1. The average Bonchev–Trinajstić information content (AvgIpc) is 2.25. The number of methoxy groups -OCH3 is 2. The number of halogens is 1. The molecule has 0 aliphatic carbocycles. The molecule has 0 fully saturated rings. The second-order valence-electron chi connectivity index (χ2n) is 3.13. The monoisotopic (exact) mass is 230 g/mol. The lowest BCUT2D eigenvalue weighted by molar-refractivity contribution is 0.287. The van der Waals surface area contributed by atoms with Gasteiger partial charge in [-0.3, -0.25) is 0 Å². The lowest BCUT2D eigenvalue weighted by Gasteiger charge is -2.12. The third kappa shape index (κ3) is 3.01.